The van der Waals surface area contributed by atoms with Gasteiger partial charge in [0.2, 0.25) is 0 Å². The number of anilines is 3. The highest BCUT2D eigenvalue weighted by molar-refractivity contribution is 6.03. The molecular weight excluding hydrogens is 338 g/mol. The van der Waals surface area contributed by atoms with Gasteiger partial charge in [-0.3, -0.25) is 4.79 Å². The normalized spacial score (nSPS) is 10.5. The fraction of sp³-hybridized carbons (Fsp3) is 0.182. The highest BCUT2D eigenvalue weighted by Gasteiger charge is 2.09. The molecule has 1 amide bonds. The van der Waals surface area contributed by atoms with Crippen molar-refractivity contribution in [2.45, 2.75) is 26.9 Å². The summed E-state index contributed by atoms with van der Waals surface area (Å²) in [5, 5.41) is 6.14. The number of hydrogen-bond donors (Lipinski definition) is 2. The molecule has 2 N–H and O–H groups in total. The fourth-order valence-electron chi connectivity index (χ4n) is 2.60. The monoisotopic (exact) mass is 361 g/mol. The number of pyridine rings is 1. The van der Waals surface area contributed by atoms with E-state index in [9.17, 15) is 4.79 Å². The Kier molecular flexibility index (Phi) is 5.71. The summed E-state index contributed by atoms with van der Waals surface area (Å²) in [6, 6.07) is 18.9. The topological polar surface area (TPSA) is 63.2 Å². The van der Waals surface area contributed by atoms with E-state index in [-0.39, 0.29) is 12.0 Å². The quantitative estimate of drug-likeness (QED) is 0.635. The van der Waals surface area contributed by atoms with Crippen LogP contribution in [0.4, 0.5) is 17.1 Å². The minimum absolute atomic E-state index is 0.0822. The number of amides is 1. The standard InChI is InChI=1S/C22H23N3O2/c1-15(2)27-21-10-5-4-9-19(21)24-18-11-12-20(23-14-18)22(26)25-17-8-6-7-16(3)13-17/h4-15,24H,1-3H3,(H,25,26). The Morgan fingerprint density at radius 3 is 2.52 bits per heavy atom. The average molecular weight is 361 g/mol. The van der Waals surface area contributed by atoms with Crippen LogP contribution >= 0.6 is 0 Å². The largest absolute Gasteiger partial charge is 0.489 e. The van der Waals surface area contributed by atoms with Crippen LogP contribution in [-0.4, -0.2) is 17.0 Å². The Bertz CT molecular complexity index is 921. The number of benzene rings is 2. The molecule has 5 heteroatoms. The summed E-state index contributed by atoms with van der Waals surface area (Å²) in [5.74, 6) is 0.532. The van der Waals surface area contributed by atoms with Gasteiger partial charge in [-0.25, -0.2) is 4.98 Å². The molecule has 0 aliphatic heterocycles. The third-order valence-corrected chi connectivity index (χ3v) is 3.80. The Balaban J connectivity index is 1.70. The van der Waals surface area contributed by atoms with Gasteiger partial charge in [-0.2, -0.15) is 0 Å². The number of nitrogens with one attached hydrogen (secondary N) is 2. The number of nitrogens with zero attached hydrogens (tertiary/aromatic N) is 1. The summed E-state index contributed by atoms with van der Waals surface area (Å²) in [6.45, 7) is 5.95. The second kappa shape index (κ2) is 8.36. The summed E-state index contributed by atoms with van der Waals surface area (Å²) in [7, 11) is 0. The van der Waals surface area contributed by atoms with E-state index in [0.717, 1.165) is 28.4 Å². The van der Waals surface area contributed by atoms with Crippen molar-refractivity contribution < 1.29 is 9.53 Å². The molecule has 0 bridgehead atoms. The van der Waals surface area contributed by atoms with E-state index in [1.807, 2.05) is 75.4 Å². The Morgan fingerprint density at radius 1 is 1.00 bits per heavy atom. The van der Waals surface area contributed by atoms with Crippen LogP contribution in [0.5, 0.6) is 5.75 Å². The molecule has 0 aliphatic carbocycles. The lowest BCUT2D eigenvalue weighted by Crippen LogP contribution is -2.13. The van der Waals surface area contributed by atoms with Crippen molar-refractivity contribution in [3.05, 3.63) is 78.1 Å². The fourth-order valence-corrected chi connectivity index (χ4v) is 2.60. The lowest BCUT2D eigenvalue weighted by atomic mass is 10.2. The van der Waals surface area contributed by atoms with Crippen LogP contribution < -0.4 is 15.4 Å². The molecule has 2 aromatic carbocycles. The van der Waals surface area contributed by atoms with Crippen molar-refractivity contribution >= 4 is 23.0 Å². The van der Waals surface area contributed by atoms with E-state index in [4.69, 9.17) is 4.74 Å². The average Bonchev–Trinajstić information content (AvgIpc) is 2.63. The smallest absolute Gasteiger partial charge is 0.274 e. The molecule has 0 saturated carbocycles. The van der Waals surface area contributed by atoms with Crippen LogP contribution in [0.2, 0.25) is 0 Å². The second-order valence-corrected chi connectivity index (χ2v) is 6.54. The molecule has 27 heavy (non-hydrogen) atoms. The second-order valence-electron chi connectivity index (χ2n) is 6.54. The molecule has 5 nitrogen and oxygen atoms in total. The van der Waals surface area contributed by atoms with E-state index in [1.165, 1.54) is 0 Å². The lowest BCUT2D eigenvalue weighted by Gasteiger charge is -2.15. The van der Waals surface area contributed by atoms with Crippen LogP contribution in [0.15, 0.2) is 66.9 Å². The first-order chi connectivity index (χ1) is 13.0. The number of aryl methyl sites for hydroxylation is 1. The lowest BCUT2D eigenvalue weighted by molar-refractivity contribution is 0.102. The Hall–Kier alpha value is -3.34. The molecule has 0 saturated heterocycles. The number of rotatable bonds is 6. The molecular formula is C22H23N3O2. The first-order valence-corrected chi connectivity index (χ1v) is 8.88. The number of carbonyl (C=O) groups excluding carboxylic acids is 1. The molecule has 0 aliphatic rings. The highest BCUT2D eigenvalue weighted by atomic mass is 16.5. The van der Waals surface area contributed by atoms with E-state index in [2.05, 4.69) is 15.6 Å². The van der Waals surface area contributed by atoms with Crippen LogP contribution in [0.3, 0.4) is 0 Å². The van der Waals surface area contributed by atoms with Crippen LogP contribution in [0.25, 0.3) is 0 Å². The van der Waals surface area contributed by atoms with E-state index in [0.29, 0.717) is 5.69 Å². The first kappa shape index (κ1) is 18.5. The van der Waals surface area contributed by atoms with E-state index in [1.54, 1.807) is 12.3 Å². The number of carbonyl (C=O) groups is 1. The number of aromatic nitrogens is 1. The third-order valence-electron chi connectivity index (χ3n) is 3.80. The van der Waals surface area contributed by atoms with E-state index < -0.39 is 0 Å². The summed E-state index contributed by atoms with van der Waals surface area (Å²) in [6.07, 6.45) is 1.72. The maximum Gasteiger partial charge on any atom is 0.274 e. The van der Waals surface area contributed by atoms with Crippen molar-refractivity contribution in [3.63, 3.8) is 0 Å². The minimum Gasteiger partial charge on any atom is -0.489 e. The van der Waals surface area contributed by atoms with Gasteiger partial charge in [0.25, 0.3) is 5.91 Å². The maximum absolute atomic E-state index is 12.4. The van der Waals surface area contributed by atoms with Crippen LogP contribution in [-0.2, 0) is 0 Å². The van der Waals surface area contributed by atoms with Gasteiger partial charge in [0.1, 0.15) is 11.4 Å². The summed E-state index contributed by atoms with van der Waals surface area (Å²) >= 11 is 0. The molecule has 3 rings (SSSR count). The Morgan fingerprint density at radius 2 is 1.81 bits per heavy atom. The van der Waals surface area contributed by atoms with Gasteiger partial charge in [0, 0.05) is 5.69 Å². The molecule has 1 aromatic heterocycles. The van der Waals surface area contributed by atoms with Crippen LogP contribution in [0, 0.1) is 6.92 Å². The number of ether oxygens (including phenoxy) is 1. The molecule has 0 unspecified atom stereocenters. The van der Waals surface area contributed by atoms with Gasteiger partial charge in [0.15, 0.2) is 0 Å². The summed E-state index contributed by atoms with van der Waals surface area (Å²) < 4.78 is 5.81. The van der Waals surface area contributed by atoms with Gasteiger partial charge in [-0.15, -0.1) is 0 Å². The third kappa shape index (κ3) is 5.07. The predicted molar refractivity (Wildman–Crippen MR) is 109 cm³/mol. The van der Waals surface area contributed by atoms with Crippen molar-refractivity contribution in [3.8, 4) is 5.75 Å². The predicted octanol–water partition coefficient (Wildman–Crippen LogP) is 5.17. The van der Waals surface area contributed by atoms with Gasteiger partial charge in [-0.05, 0) is 62.7 Å². The van der Waals surface area contributed by atoms with Crippen molar-refractivity contribution in [1.82, 2.24) is 4.98 Å². The molecule has 3 aromatic rings. The first-order valence-electron chi connectivity index (χ1n) is 8.88. The SMILES string of the molecule is Cc1cccc(NC(=O)c2ccc(Nc3ccccc3OC(C)C)cn2)c1. The molecule has 0 atom stereocenters. The molecule has 0 fully saturated rings. The van der Waals surface area contributed by atoms with Crippen molar-refractivity contribution in [2.24, 2.45) is 0 Å². The number of para-hydroxylation sites is 2. The van der Waals surface area contributed by atoms with Crippen molar-refractivity contribution in [1.29, 1.82) is 0 Å². The maximum atomic E-state index is 12.4. The zero-order chi connectivity index (χ0) is 19.2. The van der Waals surface area contributed by atoms with Crippen molar-refractivity contribution in [2.75, 3.05) is 10.6 Å². The Labute approximate surface area is 159 Å². The van der Waals surface area contributed by atoms with Gasteiger partial charge >= 0.3 is 0 Å². The van der Waals surface area contributed by atoms with Gasteiger partial charge in [-0.1, -0.05) is 24.3 Å². The zero-order valence-corrected chi connectivity index (χ0v) is 15.7. The van der Waals surface area contributed by atoms with E-state index >= 15 is 0 Å². The number of hydrogen-bond acceptors (Lipinski definition) is 4. The zero-order valence-electron chi connectivity index (χ0n) is 15.7. The summed E-state index contributed by atoms with van der Waals surface area (Å²) in [5.41, 5.74) is 3.83. The van der Waals surface area contributed by atoms with Gasteiger partial charge in [0.05, 0.1) is 23.7 Å². The van der Waals surface area contributed by atoms with Gasteiger partial charge < -0.3 is 15.4 Å². The minimum atomic E-state index is -0.240. The molecule has 0 spiro atoms. The molecule has 0 radical (unpaired) electrons. The molecule has 1 heterocycles. The molecule has 138 valence electrons. The van der Waals surface area contributed by atoms with Crippen LogP contribution in [0.1, 0.15) is 29.9 Å². The highest BCUT2D eigenvalue weighted by Crippen LogP contribution is 2.28. The summed E-state index contributed by atoms with van der Waals surface area (Å²) in [4.78, 5) is 16.6.